The number of nitrogens with zero attached hydrogens (tertiary/aromatic N) is 4. The summed E-state index contributed by atoms with van der Waals surface area (Å²) in [6, 6.07) is 26.2. The second-order valence-corrected chi connectivity index (χ2v) is 8.16. The number of aromatic nitrogens is 2. The highest BCUT2D eigenvalue weighted by atomic mass is 19.1. The number of piperazine rings is 1. The van der Waals surface area contributed by atoms with Gasteiger partial charge >= 0.3 is 0 Å². The van der Waals surface area contributed by atoms with Crippen molar-refractivity contribution in [2.75, 3.05) is 31.1 Å². The average molecular weight is 457 g/mol. The topological polar surface area (TPSA) is 50.6 Å². The maximum atomic E-state index is 13.2. The molecule has 2 heterocycles. The van der Waals surface area contributed by atoms with Gasteiger partial charge < -0.3 is 14.5 Å². The number of rotatable bonds is 6. The molecule has 1 aliphatic heterocycles. The van der Waals surface area contributed by atoms with E-state index in [-0.39, 0.29) is 18.5 Å². The van der Waals surface area contributed by atoms with E-state index in [1.807, 2.05) is 42.5 Å². The fraction of sp³-hybridized carbons (Fsp3) is 0.185. The van der Waals surface area contributed by atoms with Crippen molar-refractivity contribution >= 4 is 11.6 Å². The van der Waals surface area contributed by atoms with Crippen LogP contribution >= 0.6 is 0 Å². The van der Waals surface area contributed by atoms with E-state index in [0.717, 1.165) is 22.6 Å². The molecule has 0 spiro atoms. The first-order valence-corrected chi connectivity index (χ1v) is 11.3. The number of carbonyl (C=O) groups excluding carboxylic acids is 1. The molecule has 1 fully saturated rings. The first-order chi connectivity index (χ1) is 16.7. The third kappa shape index (κ3) is 4.93. The van der Waals surface area contributed by atoms with Gasteiger partial charge in [0.1, 0.15) is 11.6 Å². The lowest BCUT2D eigenvalue weighted by Gasteiger charge is -2.35. The summed E-state index contributed by atoms with van der Waals surface area (Å²) in [6.07, 6.45) is 1.75. The Kier molecular flexibility index (Phi) is 6.25. The van der Waals surface area contributed by atoms with Crippen molar-refractivity contribution in [1.82, 2.24) is 14.7 Å². The molecule has 7 heteroatoms. The molecule has 0 aliphatic carbocycles. The highest BCUT2D eigenvalue weighted by Crippen LogP contribution is 2.22. The molecule has 0 bridgehead atoms. The maximum absolute atomic E-state index is 13.2. The lowest BCUT2D eigenvalue weighted by atomic mass is 10.1. The van der Waals surface area contributed by atoms with Crippen molar-refractivity contribution in [2.45, 2.75) is 6.73 Å². The first-order valence-electron chi connectivity index (χ1n) is 11.3. The van der Waals surface area contributed by atoms with E-state index in [4.69, 9.17) is 4.74 Å². The third-order valence-electron chi connectivity index (χ3n) is 5.94. The number of amides is 1. The minimum atomic E-state index is -0.249. The van der Waals surface area contributed by atoms with Crippen LogP contribution in [0.1, 0.15) is 10.5 Å². The highest BCUT2D eigenvalue weighted by Gasteiger charge is 2.24. The Balaban J connectivity index is 1.13. The molecule has 0 atom stereocenters. The zero-order valence-corrected chi connectivity index (χ0v) is 18.7. The molecule has 172 valence electrons. The smallest absolute Gasteiger partial charge is 0.274 e. The monoisotopic (exact) mass is 456 g/mol. The van der Waals surface area contributed by atoms with Crippen LogP contribution in [0.2, 0.25) is 0 Å². The Hall–Kier alpha value is -4.13. The number of hydrogen-bond donors (Lipinski definition) is 0. The van der Waals surface area contributed by atoms with E-state index in [1.165, 1.54) is 12.1 Å². The second-order valence-electron chi connectivity index (χ2n) is 8.16. The molecule has 6 nitrogen and oxygen atoms in total. The summed E-state index contributed by atoms with van der Waals surface area (Å²) in [5.41, 5.74) is 3.65. The van der Waals surface area contributed by atoms with Crippen molar-refractivity contribution < 1.29 is 13.9 Å². The molecule has 0 saturated carbocycles. The lowest BCUT2D eigenvalue weighted by Crippen LogP contribution is -2.48. The number of anilines is 1. The standard InChI is InChI=1S/C27H25FN4O2/c28-23-8-10-24(11-9-23)30-16-18-31(19-17-30)27(33)26-14-15-32(29-26)20-34-25-12-6-22(7-13-25)21-4-2-1-3-5-21/h1-15H,16-20H2. The second kappa shape index (κ2) is 9.79. The SMILES string of the molecule is O=C(c1ccn(COc2ccc(-c3ccccc3)cc2)n1)N1CCN(c2ccc(F)cc2)CC1. The molecule has 34 heavy (non-hydrogen) atoms. The fourth-order valence-corrected chi connectivity index (χ4v) is 4.04. The van der Waals surface area contributed by atoms with Crippen molar-refractivity contribution in [3.05, 3.63) is 103 Å². The van der Waals surface area contributed by atoms with E-state index >= 15 is 0 Å². The van der Waals surface area contributed by atoms with Gasteiger partial charge in [-0.1, -0.05) is 42.5 Å². The molecule has 1 saturated heterocycles. The Bertz CT molecular complexity index is 1230. The van der Waals surface area contributed by atoms with Crippen molar-refractivity contribution in [3.63, 3.8) is 0 Å². The molecule has 3 aromatic carbocycles. The first kappa shape index (κ1) is 21.7. The van der Waals surface area contributed by atoms with E-state index in [0.29, 0.717) is 31.9 Å². The van der Waals surface area contributed by atoms with E-state index in [2.05, 4.69) is 22.1 Å². The number of hydrogen-bond acceptors (Lipinski definition) is 4. The average Bonchev–Trinajstić information content (AvgIpc) is 3.38. The predicted molar refractivity (Wildman–Crippen MR) is 129 cm³/mol. The van der Waals surface area contributed by atoms with Crippen molar-refractivity contribution in [1.29, 1.82) is 0 Å². The van der Waals surface area contributed by atoms with Gasteiger partial charge in [-0.15, -0.1) is 0 Å². The van der Waals surface area contributed by atoms with Crippen LogP contribution in [0.4, 0.5) is 10.1 Å². The van der Waals surface area contributed by atoms with Gasteiger partial charge in [0.25, 0.3) is 5.91 Å². The molecular formula is C27H25FN4O2. The van der Waals surface area contributed by atoms with Crippen LogP contribution in [-0.4, -0.2) is 46.8 Å². The molecule has 0 radical (unpaired) electrons. The summed E-state index contributed by atoms with van der Waals surface area (Å²) in [5, 5.41) is 4.40. The van der Waals surface area contributed by atoms with Gasteiger partial charge in [-0.3, -0.25) is 4.79 Å². The van der Waals surface area contributed by atoms with Crippen LogP contribution in [-0.2, 0) is 6.73 Å². The van der Waals surface area contributed by atoms with E-state index in [9.17, 15) is 9.18 Å². The van der Waals surface area contributed by atoms with Gasteiger partial charge in [0, 0.05) is 38.1 Å². The van der Waals surface area contributed by atoms with Gasteiger partial charge in [-0.25, -0.2) is 9.07 Å². The fourth-order valence-electron chi connectivity index (χ4n) is 4.04. The van der Waals surface area contributed by atoms with Crippen LogP contribution in [0.3, 0.4) is 0 Å². The molecule has 1 amide bonds. The van der Waals surface area contributed by atoms with Gasteiger partial charge in [0.2, 0.25) is 0 Å². The lowest BCUT2D eigenvalue weighted by molar-refractivity contribution is 0.0738. The van der Waals surface area contributed by atoms with Crippen LogP contribution in [0, 0.1) is 5.82 Å². The molecule has 1 aliphatic rings. The maximum Gasteiger partial charge on any atom is 0.274 e. The molecule has 4 aromatic rings. The normalized spacial score (nSPS) is 13.7. The third-order valence-corrected chi connectivity index (χ3v) is 5.94. The van der Waals surface area contributed by atoms with Crippen LogP contribution in [0.15, 0.2) is 91.1 Å². The molecule has 0 unspecified atom stereocenters. The highest BCUT2D eigenvalue weighted by molar-refractivity contribution is 5.92. The van der Waals surface area contributed by atoms with Crippen molar-refractivity contribution in [3.8, 4) is 16.9 Å². The Morgan fingerprint density at radius 1 is 0.824 bits per heavy atom. The van der Waals surface area contributed by atoms with Crippen LogP contribution in [0.25, 0.3) is 11.1 Å². The predicted octanol–water partition coefficient (Wildman–Crippen LogP) is 4.69. The Morgan fingerprint density at radius 3 is 2.21 bits per heavy atom. The number of ether oxygens (including phenoxy) is 1. The summed E-state index contributed by atoms with van der Waals surface area (Å²) >= 11 is 0. The molecule has 0 N–H and O–H groups in total. The van der Waals surface area contributed by atoms with Gasteiger partial charge in [0.05, 0.1) is 0 Å². The zero-order chi connectivity index (χ0) is 23.3. The minimum absolute atomic E-state index is 0.0929. The summed E-state index contributed by atoms with van der Waals surface area (Å²) in [6.45, 7) is 2.79. The minimum Gasteiger partial charge on any atom is -0.471 e. The Labute approximate surface area is 197 Å². The molecule has 5 rings (SSSR count). The summed E-state index contributed by atoms with van der Waals surface area (Å²) in [5.74, 6) is 0.394. The van der Waals surface area contributed by atoms with E-state index in [1.54, 1.807) is 34.0 Å². The van der Waals surface area contributed by atoms with E-state index < -0.39 is 0 Å². The zero-order valence-electron chi connectivity index (χ0n) is 18.7. The number of benzene rings is 3. The quantitative estimate of drug-likeness (QED) is 0.423. The summed E-state index contributed by atoms with van der Waals surface area (Å²) in [4.78, 5) is 16.8. The van der Waals surface area contributed by atoms with Gasteiger partial charge in [-0.2, -0.15) is 5.10 Å². The largest absolute Gasteiger partial charge is 0.471 e. The molecule has 1 aromatic heterocycles. The number of carbonyl (C=O) groups is 1. The Morgan fingerprint density at radius 2 is 1.50 bits per heavy atom. The van der Waals surface area contributed by atoms with Crippen LogP contribution < -0.4 is 9.64 Å². The summed E-state index contributed by atoms with van der Waals surface area (Å²) in [7, 11) is 0. The van der Waals surface area contributed by atoms with Gasteiger partial charge in [0.15, 0.2) is 12.4 Å². The molecular weight excluding hydrogens is 431 g/mol. The summed E-state index contributed by atoms with van der Waals surface area (Å²) < 4.78 is 20.6. The van der Waals surface area contributed by atoms with Crippen LogP contribution in [0.5, 0.6) is 5.75 Å². The number of halogens is 1. The van der Waals surface area contributed by atoms with Gasteiger partial charge in [-0.05, 0) is 53.6 Å². The van der Waals surface area contributed by atoms with Crippen molar-refractivity contribution in [2.24, 2.45) is 0 Å².